The van der Waals surface area contributed by atoms with Crippen molar-refractivity contribution in [1.82, 2.24) is 10.3 Å². The van der Waals surface area contributed by atoms with Crippen LogP contribution < -0.4 is 15.4 Å². The third-order valence-corrected chi connectivity index (χ3v) is 3.87. The minimum Gasteiger partial charge on any atom is -0.457 e. The average molecular weight is 353 g/mol. The molecule has 1 aromatic heterocycles. The zero-order valence-electron chi connectivity index (χ0n) is 13.1. The van der Waals surface area contributed by atoms with Gasteiger partial charge in [0.25, 0.3) is 5.91 Å². The number of thiazole rings is 1. The smallest absolute Gasteiger partial charge is 0.251 e. The lowest BCUT2D eigenvalue weighted by Gasteiger charge is -2.07. The number of carbonyl (C=O) groups is 2. The van der Waals surface area contributed by atoms with Crippen molar-refractivity contribution in [3.8, 4) is 11.5 Å². The van der Waals surface area contributed by atoms with Gasteiger partial charge < -0.3 is 15.4 Å². The van der Waals surface area contributed by atoms with Crippen molar-refractivity contribution in [2.75, 3.05) is 11.9 Å². The van der Waals surface area contributed by atoms with Gasteiger partial charge in [-0.2, -0.15) is 0 Å². The molecule has 3 aromatic rings. The molecule has 25 heavy (non-hydrogen) atoms. The molecule has 2 amide bonds. The largest absolute Gasteiger partial charge is 0.457 e. The monoisotopic (exact) mass is 353 g/mol. The molecule has 1 heterocycles. The highest BCUT2D eigenvalue weighted by molar-refractivity contribution is 7.13. The summed E-state index contributed by atoms with van der Waals surface area (Å²) in [5.74, 6) is 0.690. The Bertz CT molecular complexity index is 834. The second kappa shape index (κ2) is 8.07. The predicted molar refractivity (Wildman–Crippen MR) is 96.0 cm³/mol. The van der Waals surface area contributed by atoms with Crippen LogP contribution in [0.5, 0.6) is 11.5 Å². The fourth-order valence-corrected chi connectivity index (χ4v) is 2.56. The number of amides is 2. The van der Waals surface area contributed by atoms with Crippen LogP contribution in [0.4, 0.5) is 5.13 Å². The molecule has 0 spiro atoms. The molecule has 126 valence electrons. The summed E-state index contributed by atoms with van der Waals surface area (Å²) in [4.78, 5) is 27.7. The highest BCUT2D eigenvalue weighted by atomic mass is 32.1. The molecule has 2 aromatic carbocycles. The van der Waals surface area contributed by atoms with Crippen molar-refractivity contribution in [3.05, 3.63) is 71.7 Å². The first kappa shape index (κ1) is 16.7. The summed E-state index contributed by atoms with van der Waals surface area (Å²) in [6.45, 7) is -0.124. The standard InChI is InChI=1S/C18H15N3O3S/c22-16(21-18-19-10-11-25-18)12-20-17(23)13-6-8-15(9-7-13)24-14-4-2-1-3-5-14/h1-11H,12H2,(H,20,23)(H,19,21,22). The number of ether oxygens (including phenoxy) is 1. The molecule has 0 aliphatic rings. The van der Waals surface area contributed by atoms with E-state index in [0.717, 1.165) is 5.75 Å². The van der Waals surface area contributed by atoms with Gasteiger partial charge in [0, 0.05) is 17.1 Å². The van der Waals surface area contributed by atoms with E-state index in [4.69, 9.17) is 4.74 Å². The lowest BCUT2D eigenvalue weighted by atomic mass is 10.2. The van der Waals surface area contributed by atoms with Crippen LogP contribution in [0.25, 0.3) is 0 Å². The van der Waals surface area contributed by atoms with E-state index in [2.05, 4.69) is 15.6 Å². The maximum atomic E-state index is 12.1. The lowest BCUT2D eigenvalue weighted by Crippen LogP contribution is -2.32. The second-order valence-corrected chi connectivity index (χ2v) is 5.90. The number of nitrogens with one attached hydrogen (secondary N) is 2. The van der Waals surface area contributed by atoms with Crippen molar-refractivity contribution in [3.63, 3.8) is 0 Å². The summed E-state index contributed by atoms with van der Waals surface area (Å²) in [5.41, 5.74) is 0.447. The molecular formula is C18H15N3O3S. The van der Waals surface area contributed by atoms with E-state index in [1.807, 2.05) is 30.3 Å². The van der Waals surface area contributed by atoms with Crippen molar-refractivity contribution in [2.45, 2.75) is 0 Å². The van der Waals surface area contributed by atoms with E-state index < -0.39 is 0 Å². The molecular weight excluding hydrogens is 338 g/mol. The van der Waals surface area contributed by atoms with Crippen molar-refractivity contribution < 1.29 is 14.3 Å². The van der Waals surface area contributed by atoms with Crippen LogP contribution in [0.15, 0.2) is 66.2 Å². The van der Waals surface area contributed by atoms with Crippen LogP contribution in [0, 0.1) is 0 Å². The maximum Gasteiger partial charge on any atom is 0.251 e. The molecule has 0 unspecified atom stereocenters. The first-order valence-corrected chi connectivity index (χ1v) is 8.39. The first-order chi connectivity index (χ1) is 12.2. The number of carbonyl (C=O) groups excluding carboxylic acids is 2. The number of aromatic nitrogens is 1. The summed E-state index contributed by atoms with van der Waals surface area (Å²) >= 11 is 1.31. The predicted octanol–water partition coefficient (Wildman–Crippen LogP) is 3.30. The topological polar surface area (TPSA) is 80.3 Å². The van der Waals surface area contributed by atoms with Crippen molar-refractivity contribution in [1.29, 1.82) is 0 Å². The summed E-state index contributed by atoms with van der Waals surface area (Å²) in [5, 5.41) is 7.42. The molecule has 3 rings (SSSR count). The van der Waals surface area contributed by atoms with Crippen LogP contribution in [0.3, 0.4) is 0 Å². The van der Waals surface area contributed by atoms with Crippen molar-refractivity contribution >= 4 is 28.3 Å². The minimum atomic E-state index is -0.333. The third kappa shape index (κ3) is 4.89. The lowest BCUT2D eigenvalue weighted by molar-refractivity contribution is -0.115. The quantitative estimate of drug-likeness (QED) is 0.712. The fourth-order valence-electron chi connectivity index (χ4n) is 2.01. The highest BCUT2D eigenvalue weighted by Gasteiger charge is 2.09. The van der Waals surface area contributed by atoms with E-state index in [-0.39, 0.29) is 18.4 Å². The van der Waals surface area contributed by atoms with Gasteiger partial charge in [0.05, 0.1) is 6.54 Å². The summed E-state index contributed by atoms with van der Waals surface area (Å²) in [7, 11) is 0. The Labute approximate surface area is 148 Å². The number of anilines is 1. The Hall–Kier alpha value is -3.19. The normalized spacial score (nSPS) is 10.1. The van der Waals surface area contributed by atoms with Gasteiger partial charge in [-0.3, -0.25) is 9.59 Å². The van der Waals surface area contributed by atoms with Gasteiger partial charge in [-0.1, -0.05) is 18.2 Å². The molecule has 7 heteroatoms. The van der Waals surface area contributed by atoms with E-state index in [0.29, 0.717) is 16.4 Å². The number of hydrogen-bond donors (Lipinski definition) is 2. The van der Waals surface area contributed by atoms with E-state index in [1.165, 1.54) is 11.3 Å². The fraction of sp³-hybridized carbons (Fsp3) is 0.0556. The summed E-state index contributed by atoms with van der Waals surface area (Å²) < 4.78 is 5.67. The Morgan fingerprint density at radius 3 is 2.40 bits per heavy atom. The van der Waals surface area contributed by atoms with Gasteiger partial charge in [-0.15, -0.1) is 11.3 Å². The number of nitrogens with zero attached hydrogens (tertiary/aromatic N) is 1. The van der Waals surface area contributed by atoms with Crippen LogP contribution in [-0.4, -0.2) is 23.3 Å². The number of para-hydroxylation sites is 1. The molecule has 0 aliphatic carbocycles. The Morgan fingerprint density at radius 1 is 1.00 bits per heavy atom. The van der Waals surface area contributed by atoms with Crippen LogP contribution in [-0.2, 0) is 4.79 Å². The molecule has 6 nitrogen and oxygen atoms in total. The van der Waals surface area contributed by atoms with Crippen LogP contribution >= 0.6 is 11.3 Å². The van der Waals surface area contributed by atoms with Gasteiger partial charge in [-0.25, -0.2) is 4.98 Å². The Balaban J connectivity index is 1.51. The molecule has 0 saturated heterocycles. The van der Waals surface area contributed by atoms with Gasteiger partial charge >= 0.3 is 0 Å². The number of rotatable bonds is 6. The third-order valence-electron chi connectivity index (χ3n) is 3.18. The van der Waals surface area contributed by atoms with Gasteiger partial charge in [0.15, 0.2) is 5.13 Å². The molecule has 0 radical (unpaired) electrons. The van der Waals surface area contributed by atoms with Gasteiger partial charge in [0.1, 0.15) is 11.5 Å². The van der Waals surface area contributed by atoms with Crippen LogP contribution in [0.1, 0.15) is 10.4 Å². The minimum absolute atomic E-state index is 0.124. The highest BCUT2D eigenvalue weighted by Crippen LogP contribution is 2.21. The van der Waals surface area contributed by atoms with Crippen molar-refractivity contribution in [2.24, 2.45) is 0 Å². The summed E-state index contributed by atoms with van der Waals surface area (Å²) in [6.07, 6.45) is 1.60. The molecule has 0 bridgehead atoms. The zero-order valence-corrected chi connectivity index (χ0v) is 14.0. The number of benzene rings is 2. The van der Waals surface area contributed by atoms with Gasteiger partial charge in [0.2, 0.25) is 5.91 Å². The maximum absolute atomic E-state index is 12.1. The van der Waals surface area contributed by atoms with E-state index in [1.54, 1.807) is 35.8 Å². The van der Waals surface area contributed by atoms with E-state index in [9.17, 15) is 9.59 Å². The first-order valence-electron chi connectivity index (χ1n) is 7.51. The number of hydrogen-bond acceptors (Lipinski definition) is 5. The average Bonchev–Trinajstić information content (AvgIpc) is 3.14. The molecule has 0 fully saturated rings. The van der Waals surface area contributed by atoms with Crippen LogP contribution in [0.2, 0.25) is 0 Å². The molecule has 0 atom stereocenters. The summed E-state index contributed by atoms with van der Waals surface area (Å²) in [6, 6.07) is 16.1. The second-order valence-electron chi connectivity index (χ2n) is 5.01. The Morgan fingerprint density at radius 2 is 1.72 bits per heavy atom. The zero-order chi connectivity index (χ0) is 17.5. The SMILES string of the molecule is O=C(CNC(=O)c1ccc(Oc2ccccc2)cc1)Nc1nccs1. The molecule has 0 aliphatic heterocycles. The molecule has 2 N–H and O–H groups in total. The van der Waals surface area contributed by atoms with Gasteiger partial charge in [-0.05, 0) is 36.4 Å². The molecule has 0 saturated carbocycles. The van der Waals surface area contributed by atoms with E-state index >= 15 is 0 Å². The Kier molecular flexibility index (Phi) is 5.38.